The maximum Gasteiger partial charge on any atom is 0.264 e. The minimum Gasteiger partial charge on any atom is -0.370 e. The molecule has 5 heteroatoms. The summed E-state index contributed by atoms with van der Waals surface area (Å²) in [4.78, 5) is 19.7. The van der Waals surface area contributed by atoms with Gasteiger partial charge in [0.05, 0.1) is 9.26 Å². The lowest BCUT2D eigenvalue weighted by atomic mass is 10.0. The first-order valence-electron chi connectivity index (χ1n) is 6.83. The summed E-state index contributed by atoms with van der Waals surface area (Å²) in [7, 11) is 1.71. The van der Waals surface area contributed by atoms with E-state index in [1.54, 1.807) is 7.11 Å². The van der Waals surface area contributed by atoms with Gasteiger partial charge in [0, 0.05) is 7.11 Å². The monoisotopic (exact) mass is 376 g/mol. The molecule has 0 amide bonds. The number of rotatable bonds is 4. The molecule has 0 atom stereocenters. The number of ether oxygens (including phenoxy) is 1. The van der Waals surface area contributed by atoms with E-state index in [0.29, 0.717) is 15.3 Å². The summed E-state index contributed by atoms with van der Waals surface area (Å²) >= 11 is 2.09. The third kappa shape index (κ3) is 3.02. The van der Waals surface area contributed by atoms with Crippen LogP contribution in [0.15, 0.2) is 4.79 Å². The minimum atomic E-state index is -0.380. The van der Waals surface area contributed by atoms with E-state index in [1.807, 2.05) is 0 Å². The van der Waals surface area contributed by atoms with E-state index in [9.17, 15) is 4.79 Å². The number of aromatic nitrogens is 2. The van der Waals surface area contributed by atoms with E-state index in [4.69, 9.17) is 9.72 Å². The Balaban J connectivity index is 2.46. The van der Waals surface area contributed by atoms with Crippen molar-refractivity contribution in [3.63, 3.8) is 0 Å². The van der Waals surface area contributed by atoms with Crippen LogP contribution in [0.3, 0.4) is 0 Å². The van der Waals surface area contributed by atoms with E-state index in [-0.39, 0.29) is 11.2 Å². The standard InChI is InChI=1S/C14H21IN2O2/c1-9(2)8-10-11(15)12(18)17-13(16-10)14(19-3)6-4-5-7-14/h9H,4-8H2,1-3H3,(H,16,17,18). The van der Waals surface area contributed by atoms with Gasteiger partial charge in [-0.3, -0.25) is 4.79 Å². The highest BCUT2D eigenvalue weighted by molar-refractivity contribution is 14.1. The normalized spacial score (nSPS) is 18.2. The van der Waals surface area contributed by atoms with Gasteiger partial charge in [0.2, 0.25) is 0 Å². The number of methoxy groups -OCH3 is 1. The predicted molar refractivity (Wildman–Crippen MR) is 83.3 cm³/mol. The van der Waals surface area contributed by atoms with Crippen LogP contribution in [0.4, 0.5) is 0 Å². The molecule has 1 aliphatic rings. The zero-order chi connectivity index (χ0) is 14.0. The van der Waals surface area contributed by atoms with Crippen LogP contribution in [-0.2, 0) is 16.8 Å². The Morgan fingerprint density at radius 3 is 2.58 bits per heavy atom. The van der Waals surface area contributed by atoms with Gasteiger partial charge in [-0.05, 0) is 60.6 Å². The van der Waals surface area contributed by atoms with E-state index in [2.05, 4.69) is 41.4 Å². The number of nitrogens with zero attached hydrogens (tertiary/aromatic N) is 1. The molecule has 0 aromatic carbocycles. The third-order valence-corrected chi connectivity index (χ3v) is 4.88. The Morgan fingerprint density at radius 1 is 1.42 bits per heavy atom. The number of nitrogens with one attached hydrogen (secondary N) is 1. The minimum absolute atomic E-state index is 0.0374. The van der Waals surface area contributed by atoms with Crippen LogP contribution in [0.25, 0.3) is 0 Å². The quantitative estimate of drug-likeness (QED) is 0.823. The molecule has 0 saturated heterocycles. The maximum atomic E-state index is 12.1. The van der Waals surface area contributed by atoms with Crippen LogP contribution in [-0.4, -0.2) is 17.1 Å². The molecule has 1 aromatic rings. The lowest BCUT2D eigenvalue weighted by molar-refractivity contribution is -0.0167. The summed E-state index contributed by atoms with van der Waals surface area (Å²) in [6, 6.07) is 0. The number of hydrogen-bond donors (Lipinski definition) is 1. The summed E-state index contributed by atoms with van der Waals surface area (Å²) in [6.45, 7) is 4.28. The molecule has 2 rings (SSSR count). The van der Waals surface area contributed by atoms with Crippen molar-refractivity contribution in [2.45, 2.75) is 51.6 Å². The Labute approximate surface area is 127 Å². The first-order valence-corrected chi connectivity index (χ1v) is 7.91. The molecule has 106 valence electrons. The first-order chi connectivity index (χ1) is 8.98. The number of H-pyrrole nitrogens is 1. The van der Waals surface area contributed by atoms with Crippen molar-refractivity contribution in [1.82, 2.24) is 9.97 Å². The average Bonchev–Trinajstić information content (AvgIpc) is 2.84. The molecule has 0 spiro atoms. The van der Waals surface area contributed by atoms with Gasteiger partial charge in [-0.25, -0.2) is 4.98 Å². The Bertz CT molecular complexity index is 505. The molecule has 19 heavy (non-hydrogen) atoms. The lowest BCUT2D eigenvalue weighted by Gasteiger charge is -2.26. The number of halogens is 1. The second kappa shape index (κ2) is 5.91. The van der Waals surface area contributed by atoms with Crippen molar-refractivity contribution in [2.75, 3.05) is 7.11 Å². The highest BCUT2D eigenvalue weighted by Gasteiger charge is 2.38. The molecule has 1 N–H and O–H groups in total. The van der Waals surface area contributed by atoms with Gasteiger partial charge in [0.1, 0.15) is 11.4 Å². The lowest BCUT2D eigenvalue weighted by Crippen LogP contribution is -2.32. The second-order valence-electron chi connectivity index (χ2n) is 5.68. The van der Waals surface area contributed by atoms with Gasteiger partial charge in [0.15, 0.2) is 0 Å². The second-order valence-corrected chi connectivity index (χ2v) is 6.76. The summed E-state index contributed by atoms with van der Waals surface area (Å²) in [5.74, 6) is 1.20. The molecule has 4 nitrogen and oxygen atoms in total. The fourth-order valence-corrected chi connectivity index (χ4v) is 3.20. The fraction of sp³-hybridized carbons (Fsp3) is 0.714. The molecule has 1 fully saturated rings. The molecule has 1 saturated carbocycles. The van der Waals surface area contributed by atoms with Crippen molar-refractivity contribution in [3.8, 4) is 0 Å². The first kappa shape index (κ1) is 15.0. The molecule has 1 aliphatic carbocycles. The summed E-state index contributed by atoms with van der Waals surface area (Å²) in [6.07, 6.45) is 4.96. The van der Waals surface area contributed by atoms with Gasteiger partial charge in [-0.15, -0.1) is 0 Å². The number of aromatic amines is 1. The van der Waals surface area contributed by atoms with Gasteiger partial charge in [0.25, 0.3) is 5.56 Å². The zero-order valence-electron chi connectivity index (χ0n) is 11.8. The smallest absolute Gasteiger partial charge is 0.264 e. The van der Waals surface area contributed by atoms with Gasteiger partial charge < -0.3 is 9.72 Å². The average molecular weight is 376 g/mol. The van der Waals surface area contributed by atoms with Crippen LogP contribution >= 0.6 is 22.6 Å². The molecular formula is C14H21IN2O2. The third-order valence-electron chi connectivity index (χ3n) is 3.77. The van der Waals surface area contributed by atoms with Gasteiger partial charge >= 0.3 is 0 Å². The summed E-state index contributed by atoms with van der Waals surface area (Å²) in [5, 5.41) is 0. The Morgan fingerprint density at radius 2 is 2.05 bits per heavy atom. The largest absolute Gasteiger partial charge is 0.370 e. The predicted octanol–water partition coefficient (Wildman–Crippen LogP) is 2.99. The van der Waals surface area contributed by atoms with Crippen molar-refractivity contribution in [2.24, 2.45) is 5.92 Å². The molecule has 0 radical (unpaired) electrons. The van der Waals surface area contributed by atoms with Crippen molar-refractivity contribution in [3.05, 3.63) is 25.4 Å². The number of hydrogen-bond acceptors (Lipinski definition) is 3. The SMILES string of the molecule is COC1(c2nc(CC(C)C)c(I)c(=O)[nH]2)CCCC1. The zero-order valence-corrected chi connectivity index (χ0v) is 13.9. The molecule has 1 heterocycles. The highest BCUT2D eigenvalue weighted by atomic mass is 127. The topological polar surface area (TPSA) is 55.0 Å². The van der Waals surface area contributed by atoms with E-state index in [0.717, 1.165) is 37.8 Å². The highest BCUT2D eigenvalue weighted by Crippen LogP contribution is 2.39. The molecule has 0 aliphatic heterocycles. The van der Waals surface area contributed by atoms with Crippen LogP contribution in [0.2, 0.25) is 0 Å². The van der Waals surface area contributed by atoms with Crippen molar-refractivity contribution >= 4 is 22.6 Å². The Hall–Kier alpha value is -0.430. The van der Waals surface area contributed by atoms with E-state index in [1.165, 1.54) is 0 Å². The summed E-state index contributed by atoms with van der Waals surface area (Å²) in [5.41, 5.74) is 0.483. The van der Waals surface area contributed by atoms with Crippen molar-refractivity contribution in [1.29, 1.82) is 0 Å². The van der Waals surface area contributed by atoms with E-state index >= 15 is 0 Å². The maximum absolute atomic E-state index is 12.1. The summed E-state index contributed by atoms with van der Waals surface area (Å²) < 4.78 is 6.41. The van der Waals surface area contributed by atoms with Gasteiger partial charge in [-0.1, -0.05) is 13.8 Å². The van der Waals surface area contributed by atoms with Crippen LogP contribution in [0.5, 0.6) is 0 Å². The molecule has 0 bridgehead atoms. The van der Waals surface area contributed by atoms with Gasteiger partial charge in [-0.2, -0.15) is 0 Å². The van der Waals surface area contributed by atoms with Crippen LogP contribution in [0.1, 0.15) is 51.0 Å². The molecule has 0 unspecified atom stereocenters. The van der Waals surface area contributed by atoms with E-state index < -0.39 is 0 Å². The van der Waals surface area contributed by atoms with Crippen molar-refractivity contribution < 1.29 is 4.74 Å². The van der Waals surface area contributed by atoms with Crippen LogP contribution in [0, 0.1) is 9.49 Å². The molecular weight excluding hydrogens is 355 g/mol. The fourth-order valence-electron chi connectivity index (χ4n) is 2.73. The Kier molecular flexibility index (Phi) is 4.66. The molecule has 1 aromatic heterocycles. The van der Waals surface area contributed by atoms with Crippen LogP contribution < -0.4 is 5.56 Å².